The molecule has 0 aliphatic carbocycles. The first-order valence-corrected chi connectivity index (χ1v) is 7.30. The van der Waals surface area contributed by atoms with Crippen LogP contribution in [0.25, 0.3) is 0 Å². The van der Waals surface area contributed by atoms with Crippen LogP contribution in [-0.2, 0) is 4.79 Å². The monoisotopic (exact) mass is 327 g/mol. The molecule has 2 rings (SSSR count). The van der Waals surface area contributed by atoms with Crippen LogP contribution in [-0.4, -0.2) is 23.9 Å². The lowest BCUT2D eigenvalue weighted by atomic mass is 10.0. The smallest absolute Gasteiger partial charge is 0.269 e. The van der Waals surface area contributed by atoms with E-state index in [0.29, 0.717) is 12.3 Å². The molecule has 0 aromatic heterocycles. The third-order valence-electron chi connectivity index (χ3n) is 3.90. The van der Waals surface area contributed by atoms with E-state index in [9.17, 15) is 14.9 Å². The fourth-order valence-corrected chi connectivity index (χ4v) is 2.60. The normalized spacial score (nSPS) is 18.3. The summed E-state index contributed by atoms with van der Waals surface area (Å²) in [5.41, 5.74) is 0.797. The fraction of sp³-hybridized carbons (Fsp3) is 0.533. The molecule has 2 N–H and O–H groups in total. The van der Waals surface area contributed by atoms with Crippen molar-refractivity contribution in [3.63, 3.8) is 0 Å². The summed E-state index contributed by atoms with van der Waals surface area (Å²) in [4.78, 5) is 22.3. The average molecular weight is 328 g/mol. The number of carbonyl (C=O) groups excluding carboxylic acids is 1. The molecule has 1 amide bonds. The third kappa shape index (κ3) is 5.27. The third-order valence-corrected chi connectivity index (χ3v) is 3.90. The minimum atomic E-state index is -0.425. The molecule has 122 valence electrons. The van der Waals surface area contributed by atoms with Gasteiger partial charge in [0.25, 0.3) is 5.69 Å². The van der Waals surface area contributed by atoms with E-state index in [1.807, 2.05) is 6.92 Å². The molecule has 1 aliphatic rings. The van der Waals surface area contributed by atoms with Crippen LogP contribution < -0.4 is 10.6 Å². The van der Waals surface area contributed by atoms with E-state index in [1.54, 1.807) is 12.1 Å². The molecule has 1 fully saturated rings. The molecule has 0 bridgehead atoms. The van der Waals surface area contributed by atoms with E-state index >= 15 is 0 Å². The molecule has 1 saturated heterocycles. The van der Waals surface area contributed by atoms with Crippen molar-refractivity contribution in [2.24, 2.45) is 5.92 Å². The molecule has 1 aromatic carbocycles. The van der Waals surface area contributed by atoms with Crippen molar-refractivity contribution < 1.29 is 9.72 Å². The maximum absolute atomic E-state index is 11.9. The van der Waals surface area contributed by atoms with Gasteiger partial charge in [0, 0.05) is 18.6 Å². The molecular weight excluding hydrogens is 306 g/mol. The number of non-ortho nitro benzene ring substituents is 1. The molecule has 7 heteroatoms. The van der Waals surface area contributed by atoms with Crippen LogP contribution >= 0.6 is 12.4 Å². The van der Waals surface area contributed by atoms with Gasteiger partial charge in [-0.1, -0.05) is 12.1 Å². The molecular formula is C15H22ClN3O3. The molecule has 2 unspecified atom stereocenters. The Bertz CT molecular complexity index is 519. The van der Waals surface area contributed by atoms with Gasteiger partial charge in [-0.25, -0.2) is 0 Å². The van der Waals surface area contributed by atoms with Gasteiger partial charge >= 0.3 is 0 Å². The maximum Gasteiger partial charge on any atom is 0.269 e. The summed E-state index contributed by atoms with van der Waals surface area (Å²) in [6.07, 6.45) is 2.53. The van der Waals surface area contributed by atoms with E-state index in [4.69, 9.17) is 0 Å². The summed E-state index contributed by atoms with van der Waals surface area (Å²) in [5, 5.41) is 16.9. The first-order valence-electron chi connectivity index (χ1n) is 7.30. The highest BCUT2D eigenvalue weighted by atomic mass is 35.5. The molecule has 1 aromatic rings. The summed E-state index contributed by atoms with van der Waals surface area (Å²) < 4.78 is 0. The van der Waals surface area contributed by atoms with Gasteiger partial charge in [0.05, 0.1) is 11.0 Å². The first-order chi connectivity index (χ1) is 10.1. The van der Waals surface area contributed by atoms with Crippen LogP contribution in [0.3, 0.4) is 0 Å². The highest BCUT2D eigenvalue weighted by Crippen LogP contribution is 2.19. The number of nitrogens with one attached hydrogen (secondary N) is 2. The van der Waals surface area contributed by atoms with Crippen LogP contribution in [0.15, 0.2) is 24.3 Å². The van der Waals surface area contributed by atoms with Crippen LogP contribution in [0, 0.1) is 16.0 Å². The number of benzene rings is 1. The number of hydrogen-bond donors (Lipinski definition) is 2. The Morgan fingerprint density at radius 2 is 2.32 bits per heavy atom. The number of nitrogens with zero attached hydrogens (tertiary/aromatic N) is 1. The zero-order valence-corrected chi connectivity index (χ0v) is 13.4. The van der Waals surface area contributed by atoms with Crippen LogP contribution in [0.4, 0.5) is 5.69 Å². The van der Waals surface area contributed by atoms with E-state index in [0.717, 1.165) is 31.5 Å². The molecule has 1 aliphatic heterocycles. The number of nitro groups is 1. The number of rotatable bonds is 6. The van der Waals surface area contributed by atoms with Gasteiger partial charge in [-0.05, 0) is 44.3 Å². The first kappa shape index (κ1) is 18.4. The largest absolute Gasteiger partial charge is 0.350 e. The predicted molar refractivity (Wildman–Crippen MR) is 87.1 cm³/mol. The molecule has 0 spiro atoms. The summed E-state index contributed by atoms with van der Waals surface area (Å²) in [6, 6.07) is 6.16. The Kier molecular flexibility index (Phi) is 7.27. The van der Waals surface area contributed by atoms with E-state index in [1.165, 1.54) is 12.1 Å². The van der Waals surface area contributed by atoms with Gasteiger partial charge in [0.15, 0.2) is 0 Å². The summed E-state index contributed by atoms with van der Waals surface area (Å²) in [5.74, 6) is 0.588. The van der Waals surface area contributed by atoms with Crippen LogP contribution in [0.1, 0.15) is 37.8 Å². The zero-order chi connectivity index (χ0) is 15.2. The van der Waals surface area contributed by atoms with E-state index in [-0.39, 0.29) is 30.0 Å². The molecule has 22 heavy (non-hydrogen) atoms. The fourth-order valence-electron chi connectivity index (χ4n) is 2.60. The van der Waals surface area contributed by atoms with E-state index in [2.05, 4.69) is 10.6 Å². The number of hydrogen-bond acceptors (Lipinski definition) is 4. The molecule has 2 atom stereocenters. The van der Waals surface area contributed by atoms with Gasteiger partial charge in [-0.3, -0.25) is 14.9 Å². The lowest BCUT2D eigenvalue weighted by Crippen LogP contribution is -2.27. The Balaban J connectivity index is 0.00000242. The van der Waals surface area contributed by atoms with Gasteiger partial charge in [-0.15, -0.1) is 12.4 Å². The number of halogens is 1. The van der Waals surface area contributed by atoms with Crippen molar-refractivity contribution in [1.82, 2.24) is 10.6 Å². The second-order valence-electron chi connectivity index (χ2n) is 5.54. The summed E-state index contributed by atoms with van der Waals surface area (Å²) in [6.45, 7) is 3.87. The molecule has 0 radical (unpaired) electrons. The number of carbonyl (C=O) groups is 1. The molecule has 1 heterocycles. The van der Waals surface area contributed by atoms with E-state index < -0.39 is 4.92 Å². The van der Waals surface area contributed by atoms with Gasteiger partial charge in [0.2, 0.25) is 5.91 Å². The highest BCUT2D eigenvalue weighted by Gasteiger charge is 2.17. The quantitative estimate of drug-likeness (QED) is 0.621. The standard InChI is InChI=1S/C15H21N3O3.ClH/c1-11(13-3-2-4-14(9-13)18(20)21)17-15(19)6-5-12-7-8-16-10-12;/h2-4,9,11-12,16H,5-8,10H2,1H3,(H,17,19);1H. The van der Waals surface area contributed by atoms with Crippen molar-refractivity contribution >= 4 is 24.0 Å². The Labute approximate surface area is 136 Å². The number of amides is 1. The summed E-state index contributed by atoms with van der Waals surface area (Å²) >= 11 is 0. The SMILES string of the molecule is CC(NC(=O)CCC1CCNC1)c1cccc([N+](=O)[O-])c1.Cl. The van der Waals surface area contributed by atoms with Crippen LogP contribution in [0.2, 0.25) is 0 Å². The number of nitro benzene ring substituents is 1. The van der Waals surface area contributed by atoms with Crippen molar-refractivity contribution in [2.75, 3.05) is 13.1 Å². The Morgan fingerprint density at radius 3 is 2.95 bits per heavy atom. The van der Waals surface area contributed by atoms with Crippen molar-refractivity contribution in [3.8, 4) is 0 Å². The lowest BCUT2D eigenvalue weighted by molar-refractivity contribution is -0.384. The average Bonchev–Trinajstić information content (AvgIpc) is 2.98. The zero-order valence-electron chi connectivity index (χ0n) is 12.6. The maximum atomic E-state index is 11.9. The van der Waals surface area contributed by atoms with Crippen molar-refractivity contribution in [3.05, 3.63) is 39.9 Å². The second-order valence-corrected chi connectivity index (χ2v) is 5.54. The summed E-state index contributed by atoms with van der Waals surface area (Å²) in [7, 11) is 0. The highest BCUT2D eigenvalue weighted by molar-refractivity contribution is 5.85. The Morgan fingerprint density at radius 1 is 1.55 bits per heavy atom. The molecule has 6 nitrogen and oxygen atoms in total. The Hall–Kier alpha value is -1.66. The molecule has 0 saturated carbocycles. The van der Waals surface area contributed by atoms with Gasteiger partial charge < -0.3 is 10.6 Å². The van der Waals surface area contributed by atoms with Crippen LogP contribution in [0.5, 0.6) is 0 Å². The minimum Gasteiger partial charge on any atom is -0.350 e. The van der Waals surface area contributed by atoms with Gasteiger partial charge in [-0.2, -0.15) is 0 Å². The predicted octanol–water partition coefficient (Wildman–Crippen LogP) is 2.58. The van der Waals surface area contributed by atoms with Crippen molar-refractivity contribution in [2.45, 2.75) is 32.2 Å². The lowest BCUT2D eigenvalue weighted by Gasteiger charge is -2.15. The second kappa shape index (κ2) is 8.70. The van der Waals surface area contributed by atoms with Crippen molar-refractivity contribution in [1.29, 1.82) is 0 Å². The minimum absolute atomic E-state index is 0. The van der Waals surface area contributed by atoms with Gasteiger partial charge in [0.1, 0.15) is 0 Å². The topological polar surface area (TPSA) is 84.3 Å².